The van der Waals surface area contributed by atoms with E-state index in [0.29, 0.717) is 114 Å². The standard InChI is InChI=1S/C31H31NO8.C31H27NO8/c2*1-37-22-11-9-21(10-12-22)31(36)24-14-8-20(18-26(24)39-27-19-23(38-2)13-15-25(27)31)6-4-3-5-7-30(35)40-32-28(33)16-17-29(32)34/h8-15,18-19,36H,3-7,16-17H2,1-2H3;8-15,18-19,36H,3,5,7,16-17H2,1-2H3. The Morgan fingerprint density at radius 3 is 1.35 bits per heavy atom. The molecule has 18 nitrogen and oxygen atoms in total. The normalized spacial score (nSPS) is 17.4. The summed E-state index contributed by atoms with van der Waals surface area (Å²) in [5.41, 5.74) is 2.47. The summed E-state index contributed by atoms with van der Waals surface area (Å²) in [7, 11) is 6.33. The summed E-state index contributed by atoms with van der Waals surface area (Å²) in [4.78, 5) is 80.1. The van der Waals surface area contributed by atoms with E-state index < -0.39 is 46.8 Å². The minimum atomic E-state index is -1.49. The van der Waals surface area contributed by atoms with E-state index in [1.54, 1.807) is 89.1 Å². The molecule has 4 heterocycles. The van der Waals surface area contributed by atoms with Crippen molar-refractivity contribution in [2.75, 3.05) is 28.4 Å². The molecule has 2 atom stereocenters. The summed E-state index contributed by atoms with van der Waals surface area (Å²) in [6, 6.07) is 36.4. The van der Waals surface area contributed by atoms with Crippen molar-refractivity contribution in [3.8, 4) is 57.8 Å². The van der Waals surface area contributed by atoms with Gasteiger partial charge in [0.15, 0.2) is 0 Å². The van der Waals surface area contributed by atoms with E-state index in [0.717, 1.165) is 24.8 Å². The molecule has 0 aromatic heterocycles. The highest BCUT2D eigenvalue weighted by Gasteiger charge is 2.44. The number of carbonyl (C=O) groups excluding carboxylic acids is 6. The van der Waals surface area contributed by atoms with E-state index in [1.807, 2.05) is 60.7 Å². The molecule has 0 aliphatic carbocycles. The molecule has 0 bridgehead atoms. The first kappa shape index (κ1) is 55.6. The lowest BCUT2D eigenvalue weighted by Gasteiger charge is -2.37. The molecule has 10 rings (SSSR count). The first-order valence-corrected chi connectivity index (χ1v) is 26.0. The Labute approximate surface area is 461 Å². The topological polar surface area (TPSA) is 223 Å². The van der Waals surface area contributed by atoms with Gasteiger partial charge in [-0.2, -0.15) is 0 Å². The summed E-state index contributed by atoms with van der Waals surface area (Å²) in [5, 5.41) is 25.6. The van der Waals surface area contributed by atoms with Crippen molar-refractivity contribution < 1.29 is 77.1 Å². The van der Waals surface area contributed by atoms with Crippen LogP contribution >= 0.6 is 0 Å². The number of benzene rings is 6. The molecule has 6 aromatic rings. The van der Waals surface area contributed by atoms with E-state index >= 15 is 0 Å². The molecule has 2 fully saturated rings. The number of methoxy groups -OCH3 is 4. The average Bonchev–Trinajstić information content (AvgIpc) is 4.10. The number of carbonyl (C=O) groups is 6. The van der Waals surface area contributed by atoms with Crippen molar-refractivity contribution in [1.29, 1.82) is 0 Å². The van der Waals surface area contributed by atoms with E-state index in [-0.39, 0.29) is 38.5 Å². The van der Waals surface area contributed by atoms with Gasteiger partial charge >= 0.3 is 11.9 Å². The molecule has 0 spiro atoms. The summed E-state index contributed by atoms with van der Waals surface area (Å²) >= 11 is 0. The highest BCUT2D eigenvalue weighted by molar-refractivity contribution is 6.02. The molecule has 0 saturated carbocycles. The molecule has 2 saturated heterocycles. The molecule has 2 N–H and O–H groups in total. The molecule has 4 amide bonds. The van der Waals surface area contributed by atoms with Crippen LogP contribution in [-0.4, -0.2) is 84.3 Å². The van der Waals surface area contributed by atoms with Crippen molar-refractivity contribution in [3.63, 3.8) is 0 Å². The number of nitrogens with zero attached hydrogens (tertiary/aromatic N) is 2. The Morgan fingerprint density at radius 1 is 0.487 bits per heavy atom. The van der Waals surface area contributed by atoms with Crippen LogP contribution in [0.15, 0.2) is 121 Å². The van der Waals surface area contributed by atoms with Crippen LogP contribution in [0.2, 0.25) is 0 Å². The second-order valence-corrected chi connectivity index (χ2v) is 19.2. The zero-order valence-electron chi connectivity index (χ0n) is 44.5. The summed E-state index contributed by atoms with van der Waals surface area (Å²) in [6.07, 6.45) is 4.06. The van der Waals surface area contributed by atoms with Crippen LogP contribution in [0.5, 0.6) is 46.0 Å². The number of aliphatic hydroxyl groups is 2. The number of unbranched alkanes of at least 4 members (excludes halogenated alkanes) is 3. The predicted molar refractivity (Wildman–Crippen MR) is 286 cm³/mol. The lowest BCUT2D eigenvalue weighted by molar-refractivity contribution is -0.197. The zero-order chi connectivity index (χ0) is 56.6. The summed E-state index contributed by atoms with van der Waals surface area (Å²) < 4.78 is 33.8. The Hall–Kier alpha value is -9.18. The molecule has 0 radical (unpaired) electrons. The van der Waals surface area contributed by atoms with Crippen molar-refractivity contribution in [2.24, 2.45) is 0 Å². The highest BCUT2D eigenvalue weighted by Crippen LogP contribution is 2.53. The number of hydroxylamine groups is 4. The van der Waals surface area contributed by atoms with Gasteiger partial charge in [0.05, 0.1) is 28.4 Å². The smallest absolute Gasteiger partial charge is 0.333 e. The fraction of sp³-hybridized carbons (Fsp3) is 0.290. The SMILES string of the molecule is COc1ccc(C2(O)c3ccc(C#CCCCC(=O)ON4C(=O)CCC4=O)cc3Oc3cc(OC)ccc32)cc1.COc1ccc(C2(O)c3ccc(CCCCCC(=O)ON4C(=O)CCC4=O)cc3Oc3cc(OC)ccc32)cc1. The number of imide groups is 2. The number of ether oxygens (including phenoxy) is 6. The number of hydrogen-bond donors (Lipinski definition) is 2. The maximum Gasteiger partial charge on any atom is 0.333 e. The molecule has 18 heteroatoms. The third-order valence-corrected chi connectivity index (χ3v) is 14.1. The van der Waals surface area contributed by atoms with Crippen molar-refractivity contribution in [1.82, 2.24) is 10.1 Å². The van der Waals surface area contributed by atoms with Crippen molar-refractivity contribution >= 4 is 35.6 Å². The van der Waals surface area contributed by atoms with Gasteiger partial charge in [-0.1, -0.05) is 60.7 Å². The first-order valence-electron chi connectivity index (χ1n) is 26.0. The third kappa shape index (κ3) is 11.7. The maximum atomic E-state index is 12.2. The van der Waals surface area contributed by atoms with Crippen LogP contribution < -0.4 is 28.4 Å². The monoisotopic (exact) mass is 1090 g/mol. The van der Waals surface area contributed by atoms with Crippen LogP contribution in [-0.2, 0) is 56.1 Å². The molecular formula is C62H58N2O16. The van der Waals surface area contributed by atoms with E-state index in [1.165, 1.54) is 0 Å². The third-order valence-electron chi connectivity index (χ3n) is 14.1. The van der Waals surface area contributed by atoms with Gasteiger partial charge in [0.25, 0.3) is 23.6 Å². The van der Waals surface area contributed by atoms with Gasteiger partial charge in [0.1, 0.15) is 57.2 Å². The van der Waals surface area contributed by atoms with Gasteiger partial charge in [-0.05, 0) is 109 Å². The average molecular weight is 1090 g/mol. The second kappa shape index (κ2) is 24.2. The van der Waals surface area contributed by atoms with Gasteiger partial charge in [0.2, 0.25) is 0 Å². The van der Waals surface area contributed by atoms with Crippen molar-refractivity contribution in [3.05, 3.63) is 166 Å². The Kier molecular flexibility index (Phi) is 16.8. The van der Waals surface area contributed by atoms with Crippen molar-refractivity contribution in [2.45, 2.75) is 88.3 Å². The van der Waals surface area contributed by atoms with Gasteiger partial charge in [-0.15, -0.1) is 10.1 Å². The molecule has 4 aliphatic heterocycles. The van der Waals surface area contributed by atoms with E-state index in [2.05, 4.69) is 11.8 Å². The van der Waals surface area contributed by atoms with Crippen LogP contribution in [0.4, 0.5) is 0 Å². The lowest BCUT2D eigenvalue weighted by atomic mass is 9.77. The Bertz CT molecular complexity index is 3390. The molecule has 412 valence electrons. The molecule has 2 unspecified atom stereocenters. The quantitative estimate of drug-likeness (QED) is 0.0494. The molecule has 80 heavy (non-hydrogen) atoms. The molecule has 4 aliphatic rings. The highest BCUT2D eigenvalue weighted by atomic mass is 16.7. The van der Waals surface area contributed by atoms with Crippen LogP contribution in [0.25, 0.3) is 0 Å². The largest absolute Gasteiger partial charge is 0.497 e. The molecular weight excluding hydrogens is 1030 g/mol. The van der Waals surface area contributed by atoms with Gasteiger partial charge in [-0.3, -0.25) is 19.2 Å². The summed E-state index contributed by atoms with van der Waals surface area (Å²) in [6.45, 7) is 0. The minimum Gasteiger partial charge on any atom is -0.497 e. The Balaban J connectivity index is 0.000000194. The fourth-order valence-corrected chi connectivity index (χ4v) is 9.80. The Morgan fingerprint density at radius 2 is 0.887 bits per heavy atom. The number of aryl methyl sites for hydroxylation is 1. The van der Waals surface area contributed by atoms with E-state index in [9.17, 15) is 39.0 Å². The van der Waals surface area contributed by atoms with Gasteiger partial charge in [-0.25, -0.2) is 9.59 Å². The summed E-state index contributed by atoms with van der Waals surface area (Å²) in [5.74, 6) is 7.42. The zero-order valence-corrected chi connectivity index (χ0v) is 44.5. The first-order chi connectivity index (χ1) is 38.7. The number of fused-ring (bicyclic) bond motifs is 4. The number of rotatable bonds is 17. The lowest BCUT2D eigenvalue weighted by Crippen LogP contribution is -2.32. The van der Waals surface area contributed by atoms with E-state index in [4.69, 9.17) is 38.1 Å². The fourth-order valence-electron chi connectivity index (χ4n) is 9.80. The van der Waals surface area contributed by atoms with Crippen LogP contribution in [0, 0.1) is 11.8 Å². The minimum absolute atomic E-state index is 0.0204. The second-order valence-electron chi connectivity index (χ2n) is 19.2. The maximum absolute atomic E-state index is 12.2. The van der Waals surface area contributed by atoms with Crippen LogP contribution in [0.1, 0.15) is 115 Å². The van der Waals surface area contributed by atoms with Gasteiger partial charge < -0.3 is 48.3 Å². The number of hydrogen-bond acceptors (Lipinski definition) is 16. The molecule has 6 aromatic carbocycles. The van der Waals surface area contributed by atoms with Gasteiger partial charge in [0, 0.05) is 84.9 Å². The van der Waals surface area contributed by atoms with Crippen LogP contribution in [0.3, 0.4) is 0 Å². The number of amides is 4. The predicted octanol–water partition coefficient (Wildman–Crippen LogP) is 9.03.